The zero-order valence-electron chi connectivity index (χ0n) is 17.3. The van der Waals surface area contributed by atoms with Gasteiger partial charge in [0.1, 0.15) is 11.5 Å². The van der Waals surface area contributed by atoms with Crippen LogP contribution >= 0.6 is 0 Å². The van der Waals surface area contributed by atoms with E-state index in [1.165, 1.54) is 26.2 Å². The molecule has 1 saturated heterocycles. The molecule has 0 spiro atoms. The van der Waals surface area contributed by atoms with Gasteiger partial charge in [-0.2, -0.15) is 18.2 Å². The first-order valence-corrected chi connectivity index (χ1v) is 9.61. The van der Waals surface area contributed by atoms with Gasteiger partial charge < -0.3 is 25.6 Å². The Morgan fingerprint density at radius 2 is 2.00 bits per heavy atom. The highest BCUT2D eigenvalue weighted by molar-refractivity contribution is 6.04. The van der Waals surface area contributed by atoms with Crippen molar-refractivity contribution in [2.24, 2.45) is 10.7 Å². The molecule has 31 heavy (non-hydrogen) atoms. The number of benzene rings is 1. The Hall–Kier alpha value is -3.01. The van der Waals surface area contributed by atoms with E-state index in [0.717, 1.165) is 25.0 Å². The topological polar surface area (TPSA) is 106 Å². The minimum absolute atomic E-state index is 0.0623. The molecular weight excluding hydrogens is 415 g/mol. The molecule has 1 aliphatic rings. The highest BCUT2D eigenvalue weighted by atomic mass is 19.4. The number of rotatable bonds is 7. The van der Waals surface area contributed by atoms with Gasteiger partial charge in [0.15, 0.2) is 0 Å². The van der Waals surface area contributed by atoms with Crippen molar-refractivity contribution in [2.75, 3.05) is 13.7 Å². The lowest BCUT2D eigenvalue weighted by molar-refractivity contribution is -0.137. The molecule has 4 N–H and O–H groups in total. The van der Waals surface area contributed by atoms with Crippen molar-refractivity contribution >= 4 is 11.8 Å². The van der Waals surface area contributed by atoms with Crippen molar-refractivity contribution in [1.29, 1.82) is 0 Å². The molecule has 0 unspecified atom stereocenters. The van der Waals surface area contributed by atoms with E-state index < -0.39 is 17.7 Å². The van der Waals surface area contributed by atoms with Crippen molar-refractivity contribution in [3.05, 3.63) is 59.1 Å². The van der Waals surface area contributed by atoms with Gasteiger partial charge in [0, 0.05) is 12.1 Å². The maximum Gasteiger partial charge on any atom is 0.416 e. The van der Waals surface area contributed by atoms with Crippen molar-refractivity contribution in [3.8, 4) is 0 Å². The lowest BCUT2D eigenvalue weighted by Gasteiger charge is -2.31. The normalized spacial score (nSPS) is 20.6. The quantitative estimate of drug-likeness (QED) is 0.258. The Bertz CT molecular complexity index is 864. The molecule has 10 heteroatoms. The van der Waals surface area contributed by atoms with Gasteiger partial charge in [-0.25, -0.2) is 4.79 Å². The molecule has 1 aromatic rings. The van der Waals surface area contributed by atoms with Gasteiger partial charge in [0.05, 0.1) is 24.9 Å². The lowest BCUT2D eigenvalue weighted by atomic mass is 9.97. The van der Waals surface area contributed by atoms with Gasteiger partial charge >= 0.3 is 12.1 Å². The van der Waals surface area contributed by atoms with Crippen LogP contribution in [0.15, 0.2) is 53.0 Å². The van der Waals surface area contributed by atoms with E-state index in [0.29, 0.717) is 12.0 Å². The summed E-state index contributed by atoms with van der Waals surface area (Å²) in [4.78, 5) is 15.3. The fourth-order valence-corrected chi connectivity index (χ4v) is 3.11. The summed E-state index contributed by atoms with van der Waals surface area (Å²) < 4.78 is 49.3. The number of carbonyl (C=O) groups is 1. The van der Waals surface area contributed by atoms with Crippen LogP contribution in [0.25, 0.3) is 0 Å². The first kappa shape index (κ1) is 24.3. The van der Waals surface area contributed by atoms with Crippen molar-refractivity contribution in [3.63, 3.8) is 0 Å². The second-order valence-corrected chi connectivity index (χ2v) is 7.08. The van der Waals surface area contributed by atoms with Crippen molar-refractivity contribution in [1.82, 2.24) is 5.32 Å². The van der Waals surface area contributed by atoms with Crippen LogP contribution in [0.3, 0.4) is 0 Å². The molecule has 7 nitrogen and oxygen atoms in total. The van der Waals surface area contributed by atoms with Crippen molar-refractivity contribution < 1.29 is 32.5 Å². The molecule has 0 aliphatic carbocycles. The smallest absolute Gasteiger partial charge is 0.416 e. The van der Waals surface area contributed by atoms with Gasteiger partial charge in [-0.05, 0) is 50.5 Å². The maximum absolute atomic E-state index is 12.8. The number of alkyl halides is 3. The Kier molecular flexibility index (Phi) is 8.09. The molecule has 0 aromatic heterocycles. The molecule has 0 bridgehead atoms. The summed E-state index contributed by atoms with van der Waals surface area (Å²) in [6, 6.07) is 4.95. The number of nitrogens with zero attached hydrogens (tertiary/aromatic N) is 1. The van der Waals surface area contributed by atoms with Crippen LogP contribution in [0.5, 0.6) is 0 Å². The van der Waals surface area contributed by atoms with Gasteiger partial charge in [-0.3, -0.25) is 0 Å². The number of amidine groups is 1. The number of hydrogen-bond donors (Lipinski definition) is 3. The number of hydrogen-bond acceptors (Lipinski definition) is 5. The predicted molar refractivity (Wildman–Crippen MR) is 109 cm³/mol. The van der Waals surface area contributed by atoms with E-state index in [-0.39, 0.29) is 41.7 Å². The number of carboxylic acid groups (broad SMARTS) is 1. The van der Waals surface area contributed by atoms with Crippen LogP contribution in [0.2, 0.25) is 0 Å². The summed E-state index contributed by atoms with van der Waals surface area (Å²) in [6.07, 6.45) is -2.75. The maximum atomic E-state index is 12.8. The molecule has 0 radical (unpaired) electrons. The summed E-state index contributed by atoms with van der Waals surface area (Å²) in [5, 5.41) is 12.2. The summed E-state index contributed by atoms with van der Waals surface area (Å²) in [6.45, 7) is 5.39. The summed E-state index contributed by atoms with van der Waals surface area (Å²) >= 11 is 0. The van der Waals surface area contributed by atoms with Gasteiger partial charge in [-0.15, -0.1) is 0 Å². The number of aliphatic imine (C=N–C) groups is 1. The Balaban J connectivity index is 2.09. The van der Waals surface area contributed by atoms with Crippen LogP contribution in [-0.2, 0) is 20.4 Å². The average molecular weight is 441 g/mol. The molecule has 170 valence electrons. The van der Waals surface area contributed by atoms with E-state index >= 15 is 0 Å². The zero-order valence-corrected chi connectivity index (χ0v) is 17.3. The van der Waals surface area contributed by atoms with Crippen LogP contribution in [0.1, 0.15) is 43.4 Å². The minimum Gasteiger partial charge on any atom is -0.481 e. The zero-order chi connectivity index (χ0) is 23.2. The summed E-state index contributed by atoms with van der Waals surface area (Å²) in [5.74, 6) is -1.04. The molecule has 1 aliphatic heterocycles. The third-order valence-corrected chi connectivity index (χ3v) is 4.92. The molecular formula is C21H26F3N3O4. The highest BCUT2D eigenvalue weighted by Crippen LogP contribution is 2.34. The molecule has 2 atom stereocenters. The number of methoxy groups -OCH3 is 1. The van der Waals surface area contributed by atoms with E-state index in [2.05, 4.69) is 16.9 Å². The summed E-state index contributed by atoms with van der Waals surface area (Å²) in [5.41, 5.74) is 5.41. The van der Waals surface area contributed by atoms with Crippen LogP contribution in [0.4, 0.5) is 13.2 Å². The largest absolute Gasteiger partial charge is 0.481 e. The Morgan fingerprint density at radius 1 is 1.35 bits per heavy atom. The Labute approximate surface area is 178 Å². The third-order valence-electron chi connectivity index (χ3n) is 4.92. The lowest BCUT2D eigenvalue weighted by Crippen LogP contribution is -2.37. The van der Waals surface area contributed by atoms with Crippen LogP contribution < -0.4 is 11.1 Å². The standard InChI is InChI=1S/C21H26F3N3O4/c1-12(18(25)20(28)29)19(27-13(2)30-3)26-11-16-5-4-6-17(31-16)14-7-9-15(10-8-14)21(22,23)24/h7-10,16-17H,2,4-6,11,25H2,1,3H3,(H,26,27)(H,28,29)/b18-12-/t16-,17+/m1/s1. The fourth-order valence-electron chi connectivity index (χ4n) is 3.11. The van der Waals surface area contributed by atoms with E-state index in [9.17, 15) is 18.0 Å². The fraction of sp³-hybridized carbons (Fsp3) is 0.429. The molecule has 2 rings (SSSR count). The number of nitrogens with two attached hydrogens (primary N) is 1. The monoisotopic (exact) mass is 441 g/mol. The molecule has 0 saturated carbocycles. The van der Waals surface area contributed by atoms with Crippen LogP contribution in [-0.4, -0.2) is 36.7 Å². The highest BCUT2D eigenvalue weighted by Gasteiger charge is 2.31. The second kappa shape index (κ2) is 10.3. The van der Waals surface area contributed by atoms with Crippen LogP contribution in [0, 0.1) is 0 Å². The number of nitrogens with one attached hydrogen (secondary N) is 1. The number of halogens is 3. The number of aliphatic carboxylic acids is 1. The van der Waals surface area contributed by atoms with Crippen molar-refractivity contribution in [2.45, 2.75) is 44.6 Å². The third kappa shape index (κ3) is 6.74. The van der Waals surface area contributed by atoms with Gasteiger partial charge in [0.2, 0.25) is 5.88 Å². The molecule has 1 heterocycles. The SMILES string of the molecule is C=C(/N=C(NC[C@H]1CCC[C@@H](c2ccc(C(F)(F)F)cc2)O1)\C(C)=C(/N)C(=O)O)OC. The molecule has 0 amide bonds. The second-order valence-electron chi connectivity index (χ2n) is 7.08. The first-order chi connectivity index (χ1) is 14.5. The van der Waals surface area contributed by atoms with E-state index in [4.69, 9.17) is 20.3 Å². The van der Waals surface area contributed by atoms with Gasteiger partial charge in [0.25, 0.3) is 0 Å². The average Bonchev–Trinajstić information content (AvgIpc) is 2.75. The molecule has 1 fully saturated rings. The Morgan fingerprint density at radius 3 is 2.55 bits per heavy atom. The predicted octanol–water partition coefficient (Wildman–Crippen LogP) is 3.74. The number of ether oxygens (including phenoxy) is 2. The van der Waals surface area contributed by atoms with Gasteiger partial charge in [-0.1, -0.05) is 12.1 Å². The summed E-state index contributed by atoms with van der Waals surface area (Å²) in [7, 11) is 1.38. The minimum atomic E-state index is -4.39. The van der Waals surface area contributed by atoms with E-state index in [1.54, 1.807) is 0 Å². The first-order valence-electron chi connectivity index (χ1n) is 9.61. The number of carboxylic acids is 1. The van der Waals surface area contributed by atoms with E-state index in [1.807, 2.05) is 0 Å². The molecule has 1 aromatic carbocycles.